The van der Waals surface area contributed by atoms with Crippen LogP contribution in [0.25, 0.3) is 0 Å². The Bertz CT molecular complexity index is 678. The largest absolute Gasteiger partial charge is 0.494 e. The van der Waals surface area contributed by atoms with Gasteiger partial charge in [-0.25, -0.2) is 0 Å². The molecule has 1 N–H and O–H groups in total. The zero-order valence-electron chi connectivity index (χ0n) is 15.2. The van der Waals surface area contributed by atoms with E-state index in [-0.39, 0.29) is 11.3 Å². The minimum atomic E-state index is -0.0909. The minimum absolute atomic E-state index is 0.0909. The molecule has 1 heterocycles. The number of hydrogen-bond donors (Lipinski definition) is 1. The van der Waals surface area contributed by atoms with Gasteiger partial charge in [0.1, 0.15) is 17.4 Å². The second kappa shape index (κ2) is 8.92. The van der Waals surface area contributed by atoms with Gasteiger partial charge in [0.2, 0.25) is 11.0 Å². The summed E-state index contributed by atoms with van der Waals surface area (Å²) in [6.45, 7) is 7.43. The number of carbonyl (C=O) groups excluding carboxylic acids is 1. The van der Waals surface area contributed by atoms with Gasteiger partial charge in [0, 0.05) is 13.5 Å². The van der Waals surface area contributed by atoms with E-state index >= 15 is 0 Å². The lowest BCUT2D eigenvalue weighted by Crippen LogP contribution is -2.13. The molecule has 136 valence electrons. The molecule has 1 aromatic carbocycles. The fraction of sp³-hybridized carbons (Fsp3) is 0.500. The Kier molecular flexibility index (Phi) is 6.90. The van der Waals surface area contributed by atoms with E-state index in [0.717, 1.165) is 10.8 Å². The van der Waals surface area contributed by atoms with Gasteiger partial charge < -0.3 is 14.8 Å². The van der Waals surface area contributed by atoms with Crippen LogP contribution < -0.4 is 10.1 Å². The molecule has 0 aliphatic carbocycles. The van der Waals surface area contributed by atoms with Crippen LogP contribution in [-0.4, -0.2) is 29.8 Å². The van der Waals surface area contributed by atoms with Crippen LogP contribution >= 0.6 is 11.3 Å². The van der Waals surface area contributed by atoms with E-state index in [1.807, 2.05) is 12.1 Å². The maximum absolute atomic E-state index is 11.9. The maximum atomic E-state index is 11.9. The fourth-order valence-corrected chi connectivity index (χ4v) is 2.87. The van der Waals surface area contributed by atoms with E-state index in [1.165, 1.54) is 16.9 Å². The molecule has 0 atom stereocenters. The summed E-state index contributed by atoms with van der Waals surface area (Å²) in [5.74, 6) is 0.730. The Morgan fingerprint density at radius 1 is 1.20 bits per heavy atom. The van der Waals surface area contributed by atoms with Gasteiger partial charge in [-0.1, -0.05) is 44.2 Å². The van der Waals surface area contributed by atoms with Crippen molar-refractivity contribution in [1.29, 1.82) is 0 Å². The molecule has 2 rings (SSSR count). The van der Waals surface area contributed by atoms with Crippen LogP contribution in [0.2, 0.25) is 0 Å². The zero-order chi connectivity index (χ0) is 18.3. The number of nitrogens with zero attached hydrogens (tertiary/aromatic N) is 2. The second-order valence-corrected chi connectivity index (χ2v) is 7.77. The molecule has 7 heteroatoms. The number of hydrogen-bond acceptors (Lipinski definition) is 6. The molecule has 0 aliphatic heterocycles. The molecule has 0 bridgehead atoms. The van der Waals surface area contributed by atoms with E-state index in [9.17, 15) is 4.79 Å². The van der Waals surface area contributed by atoms with Gasteiger partial charge >= 0.3 is 0 Å². The number of nitrogens with one attached hydrogen (secondary N) is 1. The Morgan fingerprint density at radius 3 is 2.56 bits per heavy atom. The Labute approximate surface area is 152 Å². The third-order valence-electron chi connectivity index (χ3n) is 3.52. The molecular formula is C18H25N3O3S. The lowest BCUT2D eigenvalue weighted by atomic mass is 9.87. The molecule has 0 unspecified atom stereocenters. The maximum Gasteiger partial charge on any atom is 0.226 e. The predicted molar refractivity (Wildman–Crippen MR) is 99.1 cm³/mol. The number of benzene rings is 1. The van der Waals surface area contributed by atoms with Gasteiger partial charge in [-0.2, -0.15) is 0 Å². The van der Waals surface area contributed by atoms with Gasteiger partial charge in [-0.3, -0.25) is 4.79 Å². The monoisotopic (exact) mass is 363 g/mol. The molecule has 1 aromatic heterocycles. The first-order chi connectivity index (χ1) is 11.9. The van der Waals surface area contributed by atoms with Crippen molar-refractivity contribution in [1.82, 2.24) is 10.2 Å². The lowest BCUT2D eigenvalue weighted by molar-refractivity contribution is -0.116. The van der Waals surface area contributed by atoms with Crippen molar-refractivity contribution in [2.45, 2.75) is 45.6 Å². The average molecular weight is 363 g/mol. The van der Waals surface area contributed by atoms with Crippen molar-refractivity contribution < 1.29 is 14.3 Å². The molecule has 0 radical (unpaired) electrons. The number of ether oxygens (including phenoxy) is 2. The number of anilines is 1. The summed E-state index contributed by atoms with van der Waals surface area (Å²) >= 11 is 1.31. The SMILES string of the molecule is COCc1nnc(NC(=O)CCCOc2ccc(C(C)(C)C)cc2)s1. The van der Waals surface area contributed by atoms with Crippen LogP contribution in [0, 0.1) is 0 Å². The van der Waals surface area contributed by atoms with E-state index < -0.39 is 0 Å². The molecule has 0 saturated heterocycles. The summed E-state index contributed by atoms with van der Waals surface area (Å²) in [5.41, 5.74) is 1.40. The van der Waals surface area contributed by atoms with Crippen LogP contribution in [-0.2, 0) is 21.6 Å². The first-order valence-corrected chi connectivity index (χ1v) is 9.04. The Balaban J connectivity index is 1.69. The van der Waals surface area contributed by atoms with Gasteiger partial charge in [0.25, 0.3) is 0 Å². The highest BCUT2D eigenvalue weighted by atomic mass is 32.1. The van der Waals surface area contributed by atoms with Crippen molar-refractivity contribution in [3.63, 3.8) is 0 Å². The van der Waals surface area contributed by atoms with Gasteiger partial charge in [-0.15, -0.1) is 10.2 Å². The number of methoxy groups -OCH3 is 1. The smallest absolute Gasteiger partial charge is 0.226 e. The van der Waals surface area contributed by atoms with E-state index in [4.69, 9.17) is 9.47 Å². The van der Waals surface area contributed by atoms with Crippen molar-refractivity contribution in [2.24, 2.45) is 0 Å². The highest BCUT2D eigenvalue weighted by Gasteiger charge is 2.13. The van der Waals surface area contributed by atoms with Crippen LogP contribution in [0.3, 0.4) is 0 Å². The summed E-state index contributed by atoms with van der Waals surface area (Å²) in [6, 6.07) is 8.10. The third-order valence-corrected chi connectivity index (χ3v) is 4.33. The highest BCUT2D eigenvalue weighted by Crippen LogP contribution is 2.24. The first-order valence-electron chi connectivity index (χ1n) is 8.23. The van der Waals surface area contributed by atoms with Gasteiger partial charge in [0.05, 0.1) is 6.61 Å². The summed E-state index contributed by atoms with van der Waals surface area (Å²) in [5, 5.41) is 11.8. The molecule has 25 heavy (non-hydrogen) atoms. The van der Waals surface area contributed by atoms with Crippen LogP contribution in [0.15, 0.2) is 24.3 Å². The number of rotatable bonds is 8. The molecule has 2 aromatic rings. The standard InChI is InChI=1S/C18H25N3O3S/c1-18(2,3)13-7-9-14(10-8-13)24-11-5-6-15(22)19-17-21-20-16(25-17)12-23-4/h7-10H,5-6,11-12H2,1-4H3,(H,19,21,22). The minimum Gasteiger partial charge on any atom is -0.494 e. The Hall–Kier alpha value is -1.99. The van der Waals surface area contributed by atoms with Gasteiger partial charge in [-0.05, 0) is 29.5 Å². The third kappa shape index (κ3) is 6.43. The van der Waals surface area contributed by atoms with Gasteiger partial charge in [0.15, 0.2) is 0 Å². The Morgan fingerprint density at radius 2 is 1.92 bits per heavy atom. The second-order valence-electron chi connectivity index (χ2n) is 6.71. The quantitative estimate of drug-likeness (QED) is 0.723. The number of aromatic nitrogens is 2. The van der Waals surface area contributed by atoms with E-state index in [2.05, 4.69) is 48.4 Å². The average Bonchev–Trinajstić information content (AvgIpc) is 2.98. The predicted octanol–water partition coefficient (Wildman–Crippen LogP) is 3.78. The molecule has 0 saturated carbocycles. The first kappa shape index (κ1) is 19.3. The number of carbonyl (C=O) groups is 1. The van der Waals surface area contributed by atoms with Crippen LogP contribution in [0.4, 0.5) is 5.13 Å². The summed E-state index contributed by atoms with van der Waals surface area (Å²) in [4.78, 5) is 11.9. The van der Waals surface area contributed by atoms with Crippen molar-refractivity contribution >= 4 is 22.4 Å². The molecule has 1 amide bonds. The van der Waals surface area contributed by atoms with E-state index in [0.29, 0.717) is 31.2 Å². The van der Waals surface area contributed by atoms with Crippen molar-refractivity contribution in [2.75, 3.05) is 19.0 Å². The molecule has 0 fully saturated rings. The zero-order valence-corrected chi connectivity index (χ0v) is 16.0. The number of amides is 1. The summed E-state index contributed by atoms with van der Waals surface area (Å²) in [7, 11) is 1.59. The molecule has 0 aliphatic rings. The highest BCUT2D eigenvalue weighted by molar-refractivity contribution is 7.15. The van der Waals surface area contributed by atoms with Crippen LogP contribution in [0.1, 0.15) is 44.2 Å². The normalized spacial score (nSPS) is 11.4. The fourth-order valence-electron chi connectivity index (χ4n) is 2.14. The van der Waals surface area contributed by atoms with Crippen LogP contribution in [0.5, 0.6) is 5.75 Å². The van der Waals surface area contributed by atoms with Crippen molar-refractivity contribution in [3.8, 4) is 5.75 Å². The molecular weight excluding hydrogens is 338 g/mol. The molecule has 0 spiro atoms. The lowest BCUT2D eigenvalue weighted by Gasteiger charge is -2.19. The summed E-state index contributed by atoms with van der Waals surface area (Å²) in [6.07, 6.45) is 1.01. The van der Waals surface area contributed by atoms with E-state index in [1.54, 1.807) is 7.11 Å². The van der Waals surface area contributed by atoms with Crippen molar-refractivity contribution in [3.05, 3.63) is 34.8 Å². The topological polar surface area (TPSA) is 73.3 Å². The summed E-state index contributed by atoms with van der Waals surface area (Å²) < 4.78 is 10.7. The molecule has 6 nitrogen and oxygen atoms in total.